The molecule has 0 aliphatic heterocycles. The Kier molecular flexibility index (Phi) is 8.63. The van der Waals surface area contributed by atoms with E-state index in [9.17, 15) is 18.0 Å². The van der Waals surface area contributed by atoms with Gasteiger partial charge < -0.3 is 15.8 Å². The summed E-state index contributed by atoms with van der Waals surface area (Å²) in [5.74, 6) is -0.180. The van der Waals surface area contributed by atoms with Crippen LogP contribution in [0.4, 0.5) is 13.2 Å². The Morgan fingerprint density at radius 2 is 1.83 bits per heavy atom. The second-order valence-corrected chi connectivity index (χ2v) is 7.72. The molecule has 2 aromatic rings. The molecule has 0 fully saturated rings. The third kappa shape index (κ3) is 11.1. The highest BCUT2D eigenvalue weighted by Crippen LogP contribution is 2.22. The van der Waals surface area contributed by atoms with Crippen molar-refractivity contribution in [3.63, 3.8) is 0 Å². The number of nitrogens with two attached hydrogens (primary N) is 1. The Morgan fingerprint density at radius 3 is 2.38 bits per heavy atom. The van der Waals surface area contributed by atoms with Gasteiger partial charge in [0.25, 0.3) is 5.91 Å². The van der Waals surface area contributed by atoms with Crippen molar-refractivity contribution in [2.45, 2.75) is 52.4 Å². The van der Waals surface area contributed by atoms with Crippen LogP contribution in [0.1, 0.15) is 55.4 Å². The fourth-order valence-corrected chi connectivity index (χ4v) is 2.09. The fourth-order valence-electron chi connectivity index (χ4n) is 2.09. The van der Waals surface area contributed by atoms with E-state index in [0.717, 1.165) is 5.69 Å². The van der Waals surface area contributed by atoms with E-state index in [1.54, 1.807) is 44.3 Å². The molecule has 0 bridgehead atoms. The van der Waals surface area contributed by atoms with Crippen molar-refractivity contribution in [3.05, 3.63) is 59.4 Å². The maximum absolute atomic E-state index is 12.2. The van der Waals surface area contributed by atoms with Crippen molar-refractivity contribution in [1.82, 2.24) is 10.3 Å². The molecule has 29 heavy (non-hydrogen) atoms. The summed E-state index contributed by atoms with van der Waals surface area (Å²) < 4.78 is 41.3. The number of halogens is 3. The highest BCUT2D eigenvalue weighted by atomic mass is 19.4. The third-order valence-corrected chi connectivity index (χ3v) is 3.27. The van der Waals surface area contributed by atoms with Gasteiger partial charge in [0, 0.05) is 23.0 Å². The van der Waals surface area contributed by atoms with Crippen LogP contribution in [0.15, 0.2) is 42.6 Å². The highest BCUT2D eigenvalue weighted by molar-refractivity contribution is 5.94. The Morgan fingerprint density at radius 1 is 1.21 bits per heavy atom. The van der Waals surface area contributed by atoms with Crippen LogP contribution >= 0.6 is 0 Å². The van der Waals surface area contributed by atoms with Gasteiger partial charge in [-0.05, 0) is 64.4 Å². The summed E-state index contributed by atoms with van der Waals surface area (Å²) in [6.45, 7) is 8.07. The van der Waals surface area contributed by atoms with Gasteiger partial charge in [-0.25, -0.2) is 0 Å². The highest BCUT2D eigenvalue weighted by Gasteiger charge is 2.28. The van der Waals surface area contributed by atoms with E-state index in [1.807, 2.05) is 20.8 Å². The number of nitrogens with one attached hydrogen (secondary N) is 1. The Balaban J connectivity index is 0.000000749. The average molecular weight is 411 g/mol. The van der Waals surface area contributed by atoms with Gasteiger partial charge in [0.05, 0.1) is 6.04 Å². The summed E-state index contributed by atoms with van der Waals surface area (Å²) in [5.41, 5.74) is 7.19. The van der Waals surface area contributed by atoms with E-state index in [2.05, 4.69) is 10.3 Å². The maximum atomic E-state index is 12.2. The van der Waals surface area contributed by atoms with Crippen LogP contribution in [-0.4, -0.2) is 29.2 Å². The first-order chi connectivity index (χ1) is 13.2. The molecular weight excluding hydrogens is 383 g/mol. The van der Waals surface area contributed by atoms with Crippen LogP contribution in [0.2, 0.25) is 0 Å². The minimum Gasteiger partial charge on any atom is -0.484 e. The van der Waals surface area contributed by atoms with Crippen molar-refractivity contribution in [2.75, 3.05) is 6.61 Å². The number of carbonyl (C=O) groups is 1. The molecule has 0 aliphatic carbocycles. The average Bonchev–Trinajstić information content (AvgIpc) is 2.58. The smallest absolute Gasteiger partial charge is 0.422 e. The monoisotopic (exact) mass is 411 g/mol. The molecule has 3 N–H and O–H groups in total. The van der Waals surface area contributed by atoms with Crippen molar-refractivity contribution in [2.24, 2.45) is 5.73 Å². The van der Waals surface area contributed by atoms with Gasteiger partial charge >= 0.3 is 6.18 Å². The summed E-state index contributed by atoms with van der Waals surface area (Å²) in [7, 11) is 0. The van der Waals surface area contributed by atoms with Gasteiger partial charge in [0.2, 0.25) is 0 Å². The Labute approximate surface area is 169 Å². The second-order valence-electron chi connectivity index (χ2n) is 7.72. The van der Waals surface area contributed by atoms with Crippen LogP contribution in [0, 0.1) is 6.92 Å². The Hall–Kier alpha value is -2.61. The lowest BCUT2D eigenvalue weighted by Gasteiger charge is -2.16. The van der Waals surface area contributed by atoms with Gasteiger partial charge in [-0.2, -0.15) is 13.2 Å². The van der Waals surface area contributed by atoms with Gasteiger partial charge in [-0.3, -0.25) is 9.78 Å². The SMILES string of the molecule is CC(C)(C)N.Cc1cc(C(=O)NC(C)c2cccc(OCC(F)(F)F)c2)ccn1. The molecule has 1 atom stereocenters. The van der Waals surface area contributed by atoms with Crippen molar-refractivity contribution in [1.29, 1.82) is 0 Å². The molecule has 0 saturated carbocycles. The zero-order chi connectivity index (χ0) is 22.2. The van der Waals surface area contributed by atoms with Crippen LogP contribution in [-0.2, 0) is 0 Å². The lowest BCUT2D eigenvalue weighted by molar-refractivity contribution is -0.153. The summed E-state index contributed by atoms with van der Waals surface area (Å²) in [4.78, 5) is 16.2. The van der Waals surface area contributed by atoms with E-state index in [-0.39, 0.29) is 23.2 Å². The number of hydrogen-bond donors (Lipinski definition) is 2. The minimum absolute atomic E-state index is 0. The van der Waals surface area contributed by atoms with E-state index in [1.165, 1.54) is 12.1 Å². The second kappa shape index (κ2) is 10.2. The predicted octanol–water partition coefficient (Wildman–Crippen LogP) is 4.57. The predicted molar refractivity (Wildman–Crippen MR) is 107 cm³/mol. The zero-order valence-corrected chi connectivity index (χ0v) is 17.3. The standard InChI is InChI=1S/C17H17F3N2O2.C4H11N/c1-11-8-14(6-7-21-11)16(23)22-12(2)13-4-3-5-15(9-13)24-10-17(18,19)20;1-4(2,3)5/h3-9,12H,10H2,1-2H3,(H,22,23);5H2,1-3H3. The molecule has 8 heteroatoms. The normalized spacial score (nSPS) is 12.4. The molecule has 0 spiro atoms. The number of rotatable bonds is 5. The Bertz CT molecular complexity index is 796. The first-order valence-electron chi connectivity index (χ1n) is 9.06. The van der Waals surface area contributed by atoms with E-state index in [4.69, 9.17) is 10.5 Å². The first kappa shape index (κ1) is 24.4. The molecule has 1 unspecified atom stereocenters. The molecular formula is C21H28F3N3O2. The van der Waals surface area contributed by atoms with Crippen molar-refractivity contribution in [3.8, 4) is 5.75 Å². The number of carbonyl (C=O) groups excluding carboxylic acids is 1. The molecule has 5 nitrogen and oxygen atoms in total. The number of benzene rings is 1. The molecule has 160 valence electrons. The molecule has 1 aromatic heterocycles. The minimum atomic E-state index is -4.39. The molecule has 1 aromatic carbocycles. The largest absolute Gasteiger partial charge is 0.484 e. The summed E-state index contributed by atoms with van der Waals surface area (Å²) in [5, 5.41) is 2.79. The van der Waals surface area contributed by atoms with Gasteiger partial charge in [-0.1, -0.05) is 12.1 Å². The van der Waals surface area contributed by atoms with Gasteiger partial charge in [0.15, 0.2) is 6.61 Å². The summed E-state index contributed by atoms with van der Waals surface area (Å²) in [6, 6.07) is 9.08. The van der Waals surface area contributed by atoms with Gasteiger partial charge in [0.1, 0.15) is 5.75 Å². The van der Waals surface area contributed by atoms with Crippen molar-refractivity contribution < 1.29 is 22.7 Å². The summed E-state index contributed by atoms with van der Waals surface area (Å²) in [6.07, 6.45) is -2.85. The van der Waals surface area contributed by atoms with Crippen molar-refractivity contribution >= 4 is 5.91 Å². The molecule has 1 amide bonds. The van der Waals surface area contributed by atoms with E-state index in [0.29, 0.717) is 11.1 Å². The molecule has 0 saturated heterocycles. The van der Waals surface area contributed by atoms with E-state index >= 15 is 0 Å². The number of aromatic nitrogens is 1. The maximum Gasteiger partial charge on any atom is 0.422 e. The van der Waals surface area contributed by atoms with Crippen LogP contribution in [0.25, 0.3) is 0 Å². The number of aryl methyl sites for hydroxylation is 1. The third-order valence-electron chi connectivity index (χ3n) is 3.27. The number of pyridine rings is 1. The van der Waals surface area contributed by atoms with E-state index < -0.39 is 12.8 Å². The molecule has 0 radical (unpaired) electrons. The lowest BCUT2D eigenvalue weighted by atomic mass is 10.1. The first-order valence-corrected chi connectivity index (χ1v) is 9.06. The number of amides is 1. The molecule has 1 heterocycles. The van der Waals surface area contributed by atoms with Gasteiger partial charge in [-0.15, -0.1) is 0 Å². The molecule has 2 rings (SSSR count). The topological polar surface area (TPSA) is 77.2 Å². The molecule has 0 aliphatic rings. The zero-order valence-electron chi connectivity index (χ0n) is 17.3. The number of ether oxygens (including phenoxy) is 1. The van der Waals surface area contributed by atoms with Crippen LogP contribution in [0.5, 0.6) is 5.75 Å². The van der Waals surface area contributed by atoms with Crippen LogP contribution < -0.4 is 15.8 Å². The number of nitrogens with zero attached hydrogens (tertiary/aromatic N) is 1. The fraction of sp³-hybridized carbons (Fsp3) is 0.429. The van der Waals surface area contributed by atoms with Crippen LogP contribution in [0.3, 0.4) is 0 Å². The quantitative estimate of drug-likeness (QED) is 0.756. The number of hydrogen-bond acceptors (Lipinski definition) is 4. The summed E-state index contributed by atoms with van der Waals surface area (Å²) >= 11 is 0. The number of alkyl halides is 3. The lowest BCUT2D eigenvalue weighted by Crippen LogP contribution is -2.26.